The van der Waals surface area contributed by atoms with Gasteiger partial charge in [0.1, 0.15) is 18.0 Å². The van der Waals surface area contributed by atoms with E-state index in [1.54, 1.807) is 19.0 Å². The number of halogens is 1. The van der Waals surface area contributed by atoms with Gasteiger partial charge in [-0.1, -0.05) is 0 Å². The first-order chi connectivity index (χ1) is 8.85. The number of rotatable bonds is 4. The molecule has 0 aliphatic heterocycles. The molecule has 0 fully saturated rings. The van der Waals surface area contributed by atoms with Crippen molar-refractivity contribution >= 4 is 11.7 Å². The van der Waals surface area contributed by atoms with Gasteiger partial charge < -0.3 is 15.4 Å². The van der Waals surface area contributed by atoms with Crippen molar-refractivity contribution in [1.29, 1.82) is 5.26 Å². The molecule has 0 saturated carbocycles. The summed E-state index contributed by atoms with van der Waals surface area (Å²) in [4.78, 5) is 12.9. The minimum absolute atomic E-state index is 0.0332. The van der Waals surface area contributed by atoms with Crippen LogP contribution in [-0.4, -0.2) is 31.5 Å². The fourth-order valence-corrected chi connectivity index (χ4v) is 1.66. The van der Waals surface area contributed by atoms with Crippen molar-refractivity contribution in [2.75, 3.05) is 26.4 Å². The van der Waals surface area contributed by atoms with Gasteiger partial charge in [-0.05, 0) is 31.8 Å². The molecule has 0 aromatic heterocycles. The fraction of sp³-hybridized carbons (Fsp3) is 0.385. The molecular weight excluding hydrogens is 249 g/mol. The van der Waals surface area contributed by atoms with Crippen molar-refractivity contribution in [3.05, 3.63) is 29.1 Å². The van der Waals surface area contributed by atoms with Gasteiger partial charge in [0.2, 0.25) is 0 Å². The number of hydrogen-bond acceptors (Lipinski definition) is 5. The van der Waals surface area contributed by atoms with Crippen molar-refractivity contribution < 1.29 is 13.9 Å². The Morgan fingerprint density at radius 1 is 1.58 bits per heavy atom. The minimum Gasteiger partial charge on any atom is -0.456 e. The summed E-state index contributed by atoms with van der Waals surface area (Å²) in [7, 11) is 3.60. The van der Waals surface area contributed by atoms with E-state index < -0.39 is 17.9 Å². The number of carbonyl (C=O) groups excluding carboxylic acids is 1. The molecule has 1 unspecified atom stereocenters. The fourth-order valence-electron chi connectivity index (χ4n) is 1.66. The average molecular weight is 265 g/mol. The van der Waals surface area contributed by atoms with Gasteiger partial charge in [0.05, 0.1) is 11.3 Å². The van der Waals surface area contributed by atoms with E-state index >= 15 is 0 Å². The van der Waals surface area contributed by atoms with E-state index in [9.17, 15) is 9.18 Å². The summed E-state index contributed by atoms with van der Waals surface area (Å²) in [6, 6.07) is 4.45. The molecule has 0 radical (unpaired) electrons. The maximum atomic E-state index is 13.6. The lowest BCUT2D eigenvalue weighted by Crippen LogP contribution is -2.24. The summed E-state index contributed by atoms with van der Waals surface area (Å²) in [5, 5.41) is 8.90. The lowest BCUT2D eigenvalue weighted by Gasteiger charge is -2.21. The predicted octanol–water partition coefficient (Wildman–Crippen LogP) is 1.45. The monoisotopic (exact) mass is 265 g/mol. The number of benzene rings is 1. The van der Waals surface area contributed by atoms with Crippen LogP contribution in [0.25, 0.3) is 0 Å². The number of likely N-dealkylation sites (N-methyl/N-ethyl adjacent to an activating group) is 1. The molecular formula is C13H16FN3O2. The van der Waals surface area contributed by atoms with Crippen LogP contribution in [0.4, 0.5) is 10.1 Å². The summed E-state index contributed by atoms with van der Waals surface area (Å²) in [6.07, 6.45) is -0.644. The van der Waals surface area contributed by atoms with Crippen LogP contribution in [0.2, 0.25) is 0 Å². The standard InChI is InChI=1S/C13H16FN3O2/c1-8(18)19-12(7-17(2)3)9-4-10(6-15)13(16)11(14)5-9/h4-5,12H,7,16H2,1-3H3. The van der Waals surface area contributed by atoms with Gasteiger partial charge in [-0.15, -0.1) is 0 Å². The number of carbonyl (C=O) groups is 1. The second-order valence-electron chi connectivity index (χ2n) is 4.44. The summed E-state index contributed by atoms with van der Waals surface area (Å²) in [5.41, 5.74) is 5.70. The van der Waals surface area contributed by atoms with Crippen molar-refractivity contribution in [3.63, 3.8) is 0 Å². The Kier molecular flexibility index (Phi) is 4.84. The van der Waals surface area contributed by atoms with E-state index in [-0.39, 0.29) is 11.3 Å². The van der Waals surface area contributed by atoms with Gasteiger partial charge in [-0.25, -0.2) is 4.39 Å². The SMILES string of the molecule is CC(=O)OC(CN(C)C)c1cc(F)c(N)c(C#N)c1. The molecule has 19 heavy (non-hydrogen) atoms. The lowest BCUT2D eigenvalue weighted by molar-refractivity contribution is -0.147. The third-order valence-corrected chi connectivity index (χ3v) is 2.48. The van der Waals surface area contributed by atoms with Crippen LogP contribution in [0.1, 0.15) is 24.2 Å². The molecule has 1 aromatic rings. The summed E-state index contributed by atoms with van der Waals surface area (Å²) in [6.45, 7) is 1.66. The van der Waals surface area contributed by atoms with Crippen molar-refractivity contribution in [2.24, 2.45) is 0 Å². The molecule has 1 atom stereocenters. The Morgan fingerprint density at radius 2 is 2.21 bits per heavy atom. The number of nitrogens with two attached hydrogens (primary N) is 1. The maximum absolute atomic E-state index is 13.6. The molecule has 0 aliphatic rings. The van der Waals surface area contributed by atoms with Crippen LogP contribution in [0.15, 0.2) is 12.1 Å². The predicted molar refractivity (Wildman–Crippen MR) is 68.6 cm³/mol. The Balaban J connectivity index is 3.18. The van der Waals surface area contributed by atoms with Gasteiger partial charge in [0.25, 0.3) is 0 Å². The molecule has 0 spiro atoms. The van der Waals surface area contributed by atoms with Crippen LogP contribution in [-0.2, 0) is 9.53 Å². The Morgan fingerprint density at radius 3 is 2.68 bits per heavy atom. The number of nitriles is 1. The highest BCUT2D eigenvalue weighted by Crippen LogP contribution is 2.25. The molecule has 0 amide bonds. The number of hydrogen-bond donors (Lipinski definition) is 1. The maximum Gasteiger partial charge on any atom is 0.303 e. The zero-order chi connectivity index (χ0) is 14.6. The third-order valence-electron chi connectivity index (χ3n) is 2.48. The van der Waals surface area contributed by atoms with E-state index in [1.807, 2.05) is 6.07 Å². The van der Waals surface area contributed by atoms with E-state index in [2.05, 4.69) is 0 Å². The van der Waals surface area contributed by atoms with Crippen molar-refractivity contribution in [3.8, 4) is 6.07 Å². The van der Waals surface area contributed by atoms with E-state index in [1.165, 1.54) is 19.1 Å². The topological polar surface area (TPSA) is 79.3 Å². The number of nitrogens with zero attached hydrogens (tertiary/aromatic N) is 2. The smallest absolute Gasteiger partial charge is 0.303 e. The first-order valence-corrected chi connectivity index (χ1v) is 5.66. The molecule has 0 aliphatic carbocycles. The largest absolute Gasteiger partial charge is 0.456 e. The summed E-state index contributed by atoms with van der Waals surface area (Å²) in [5.74, 6) is -1.16. The molecule has 6 heteroatoms. The van der Waals surface area contributed by atoms with Crippen molar-refractivity contribution in [1.82, 2.24) is 4.90 Å². The summed E-state index contributed by atoms with van der Waals surface area (Å²) >= 11 is 0. The molecule has 2 N–H and O–H groups in total. The second kappa shape index (κ2) is 6.16. The minimum atomic E-state index is -0.690. The molecule has 0 bridgehead atoms. The van der Waals surface area contributed by atoms with E-state index in [4.69, 9.17) is 15.7 Å². The molecule has 0 heterocycles. The van der Waals surface area contributed by atoms with E-state index in [0.717, 1.165) is 0 Å². The Hall–Kier alpha value is -2.13. The van der Waals surface area contributed by atoms with Gasteiger partial charge in [0, 0.05) is 13.5 Å². The Bertz CT molecular complexity index is 523. The van der Waals surface area contributed by atoms with Gasteiger partial charge in [-0.2, -0.15) is 5.26 Å². The number of anilines is 1. The highest BCUT2D eigenvalue weighted by atomic mass is 19.1. The highest BCUT2D eigenvalue weighted by molar-refractivity contribution is 5.66. The molecule has 5 nitrogen and oxygen atoms in total. The van der Waals surface area contributed by atoms with Crippen LogP contribution in [0.5, 0.6) is 0 Å². The average Bonchev–Trinajstić information content (AvgIpc) is 2.30. The van der Waals surface area contributed by atoms with Crippen LogP contribution in [0.3, 0.4) is 0 Å². The lowest BCUT2D eigenvalue weighted by atomic mass is 10.0. The third kappa shape index (κ3) is 3.93. The highest BCUT2D eigenvalue weighted by Gasteiger charge is 2.19. The van der Waals surface area contributed by atoms with Gasteiger partial charge in [0.15, 0.2) is 0 Å². The molecule has 102 valence electrons. The number of esters is 1. The van der Waals surface area contributed by atoms with Gasteiger partial charge >= 0.3 is 5.97 Å². The van der Waals surface area contributed by atoms with Crippen molar-refractivity contribution in [2.45, 2.75) is 13.0 Å². The summed E-state index contributed by atoms with van der Waals surface area (Å²) < 4.78 is 18.8. The zero-order valence-electron chi connectivity index (χ0n) is 11.1. The first-order valence-electron chi connectivity index (χ1n) is 5.66. The molecule has 1 aromatic carbocycles. The number of ether oxygens (including phenoxy) is 1. The quantitative estimate of drug-likeness (QED) is 0.658. The number of nitrogen functional groups attached to an aromatic ring is 1. The first kappa shape index (κ1) is 14.9. The molecule has 1 rings (SSSR count). The van der Waals surface area contributed by atoms with Gasteiger partial charge in [-0.3, -0.25) is 4.79 Å². The molecule has 0 saturated heterocycles. The van der Waals surface area contributed by atoms with E-state index in [0.29, 0.717) is 12.1 Å². The Labute approximate surface area is 111 Å². The zero-order valence-corrected chi connectivity index (χ0v) is 11.1. The van der Waals surface area contributed by atoms with Crippen LogP contribution in [0, 0.1) is 17.1 Å². The normalized spacial score (nSPS) is 12.0. The van der Waals surface area contributed by atoms with Crippen LogP contribution >= 0.6 is 0 Å². The second-order valence-corrected chi connectivity index (χ2v) is 4.44. The van der Waals surface area contributed by atoms with Crippen LogP contribution < -0.4 is 5.73 Å².